The molecule has 0 spiro atoms. The molecule has 1 aliphatic heterocycles. The van der Waals surface area contributed by atoms with Crippen LogP contribution < -0.4 is 0 Å². The van der Waals surface area contributed by atoms with Crippen molar-refractivity contribution in [2.75, 3.05) is 13.2 Å². The Labute approximate surface area is 86.3 Å². The largest absolute Gasteiger partial charge is 0.348 e. The highest BCUT2D eigenvalue weighted by Gasteiger charge is 2.39. The van der Waals surface area contributed by atoms with Crippen LogP contribution in [0.3, 0.4) is 0 Å². The average Bonchev–Trinajstić information content (AvgIpc) is 2.76. The summed E-state index contributed by atoms with van der Waals surface area (Å²) in [4.78, 5) is 0. The minimum absolute atomic E-state index is 0.276. The van der Waals surface area contributed by atoms with Gasteiger partial charge < -0.3 is 9.47 Å². The van der Waals surface area contributed by atoms with E-state index in [0.29, 0.717) is 0 Å². The molecule has 2 atom stereocenters. The smallest absolute Gasteiger partial charge is 0.165 e. The summed E-state index contributed by atoms with van der Waals surface area (Å²) in [5.41, 5.74) is 0. The van der Waals surface area contributed by atoms with Crippen molar-refractivity contribution in [2.24, 2.45) is 11.8 Å². The molecule has 0 N–H and O–H groups in total. The van der Waals surface area contributed by atoms with Crippen molar-refractivity contribution < 1.29 is 9.47 Å². The van der Waals surface area contributed by atoms with Gasteiger partial charge in [0, 0.05) is 6.42 Å². The number of allylic oxidation sites excluding steroid dienone is 1. The van der Waals surface area contributed by atoms with Crippen LogP contribution in [0.2, 0.25) is 0 Å². The summed E-state index contributed by atoms with van der Waals surface area (Å²) in [6.45, 7) is 7.36. The van der Waals surface area contributed by atoms with Gasteiger partial charge in [-0.15, -0.1) is 6.58 Å². The Bertz CT molecular complexity index is 206. The molecule has 0 aromatic heterocycles. The number of hydrogen-bond acceptors (Lipinski definition) is 2. The third kappa shape index (κ3) is 2.37. The molecule has 2 heteroatoms. The lowest BCUT2D eigenvalue weighted by atomic mass is 10.1. The summed E-state index contributed by atoms with van der Waals surface area (Å²) in [7, 11) is 0. The molecule has 1 saturated carbocycles. The van der Waals surface area contributed by atoms with Gasteiger partial charge >= 0.3 is 0 Å². The summed E-state index contributed by atoms with van der Waals surface area (Å²) in [5, 5.41) is 0. The minimum atomic E-state index is -0.276. The highest BCUT2D eigenvalue weighted by Crippen LogP contribution is 2.46. The zero-order chi connectivity index (χ0) is 10.0. The Morgan fingerprint density at radius 1 is 1.36 bits per heavy atom. The van der Waals surface area contributed by atoms with Crippen LogP contribution >= 0.6 is 0 Å². The second-order valence-electron chi connectivity index (χ2n) is 4.65. The maximum absolute atomic E-state index is 5.57. The molecule has 2 aliphatic rings. The van der Waals surface area contributed by atoms with Gasteiger partial charge in [-0.05, 0) is 38.0 Å². The Morgan fingerprint density at radius 2 is 2.07 bits per heavy atom. The topological polar surface area (TPSA) is 18.5 Å². The van der Waals surface area contributed by atoms with Gasteiger partial charge in [0.2, 0.25) is 0 Å². The molecular formula is C12H20O2. The third-order valence-corrected chi connectivity index (χ3v) is 3.41. The van der Waals surface area contributed by atoms with E-state index in [-0.39, 0.29) is 5.79 Å². The molecule has 14 heavy (non-hydrogen) atoms. The fourth-order valence-electron chi connectivity index (χ4n) is 2.32. The predicted molar refractivity (Wildman–Crippen MR) is 56.0 cm³/mol. The van der Waals surface area contributed by atoms with Gasteiger partial charge in [0.05, 0.1) is 13.2 Å². The summed E-state index contributed by atoms with van der Waals surface area (Å²) < 4.78 is 11.1. The Balaban J connectivity index is 1.66. The SMILES string of the molecule is C=CC[C@H]1C[C@H]1CCC1(C)OCCO1. The normalized spacial score (nSPS) is 34.4. The zero-order valence-electron chi connectivity index (χ0n) is 9.00. The average molecular weight is 196 g/mol. The lowest BCUT2D eigenvalue weighted by Crippen LogP contribution is -2.25. The summed E-state index contributed by atoms with van der Waals surface area (Å²) >= 11 is 0. The zero-order valence-corrected chi connectivity index (χ0v) is 9.00. The molecule has 0 aromatic carbocycles. The summed E-state index contributed by atoms with van der Waals surface area (Å²) in [6, 6.07) is 0. The van der Waals surface area contributed by atoms with Gasteiger partial charge in [0.1, 0.15) is 0 Å². The molecule has 0 aromatic rings. The standard InChI is InChI=1S/C12H20O2/c1-3-4-10-9-11(10)5-6-12(2)13-7-8-14-12/h3,10-11H,1,4-9H2,2H3/t10-,11+/m0/s1. The van der Waals surface area contributed by atoms with Crippen LogP contribution in [0.15, 0.2) is 12.7 Å². The van der Waals surface area contributed by atoms with E-state index in [2.05, 4.69) is 13.5 Å². The van der Waals surface area contributed by atoms with E-state index in [1.165, 1.54) is 19.3 Å². The summed E-state index contributed by atoms with van der Waals surface area (Å²) in [6.07, 6.45) is 6.89. The summed E-state index contributed by atoms with van der Waals surface area (Å²) in [5.74, 6) is 1.52. The second-order valence-corrected chi connectivity index (χ2v) is 4.65. The van der Waals surface area contributed by atoms with Gasteiger partial charge in [-0.2, -0.15) is 0 Å². The van der Waals surface area contributed by atoms with Gasteiger partial charge in [0.15, 0.2) is 5.79 Å². The number of hydrogen-bond donors (Lipinski definition) is 0. The first kappa shape index (κ1) is 10.2. The predicted octanol–water partition coefficient (Wildman–Crippen LogP) is 2.74. The molecule has 1 heterocycles. The van der Waals surface area contributed by atoms with E-state index in [0.717, 1.165) is 31.5 Å². The molecular weight excluding hydrogens is 176 g/mol. The molecule has 0 unspecified atom stereocenters. The highest BCUT2D eigenvalue weighted by molar-refractivity contribution is 4.91. The third-order valence-electron chi connectivity index (χ3n) is 3.41. The maximum Gasteiger partial charge on any atom is 0.165 e. The van der Waals surface area contributed by atoms with Crippen molar-refractivity contribution in [3.63, 3.8) is 0 Å². The van der Waals surface area contributed by atoms with Crippen LogP contribution in [0.25, 0.3) is 0 Å². The Kier molecular flexibility index (Phi) is 2.93. The van der Waals surface area contributed by atoms with Crippen LogP contribution in [-0.2, 0) is 9.47 Å². The van der Waals surface area contributed by atoms with Crippen molar-refractivity contribution >= 4 is 0 Å². The monoisotopic (exact) mass is 196 g/mol. The first-order valence-corrected chi connectivity index (χ1v) is 5.62. The van der Waals surface area contributed by atoms with Crippen LogP contribution in [0, 0.1) is 11.8 Å². The van der Waals surface area contributed by atoms with Gasteiger partial charge in [0.25, 0.3) is 0 Å². The Hall–Kier alpha value is -0.340. The van der Waals surface area contributed by atoms with E-state index in [1.807, 2.05) is 6.08 Å². The van der Waals surface area contributed by atoms with Crippen molar-refractivity contribution in [1.29, 1.82) is 0 Å². The Morgan fingerprint density at radius 3 is 2.71 bits per heavy atom. The molecule has 80 valence electrons. The molecule has 2 rings (SSSR count). The molecule has 0 bridgehead atoms. The van der Waals surface area contributed by atoms with Crippen LogP contribution in [0.4, 0.5) is 0 Å². The van der Waals surface area contributed by atoms with E-state index >= 15 is 0 Å². The molecule has 2 nitrogen and oxygen atoms in total. The lowest BCUT2D eigenvalue weighted by molar-refractivity contribution is -0.148. The number of rotatable bonds is 5. The van der Waals surface area contributed by atoms with Crippen LogP contribution in [-0.4, -0.2) is 19.0 Å². The number of ether oxygens (including phenoxy) is 2. The highest BCUT2D eigenvalue weighted by atomic mass is 16.7. The molecule has 0 amide bonds. The van der Waals surface area contributed by atoms with Gasteiger partial charge in [-0.3, -0.25) is 0 Å². The quantitative estimate of drug-likeness (QED) is 0.629. The van der Waals surface area contributed by atoms with Gasteiger partial charge in [-0.1, -0.05) is 6.08 Å². The van der Waals surface area contributed by atoms with Crippen molar-refractivity contribution in [3.05, 3.63) is 12.7 Å². The van der Waals surface area contributed by atoms with E-state index in [4.69, 9.17) is 9.47 Å². The molecule has 1 aliphatic carbocycles. The molecule has 1 saturated heterocycles. The lowest BCUT2D eigenvalue weighted by Gasteiger charge is -2.21. The first-order valence-electron chi connectivity index (χ1n) is 5.62. The van der Waals surface area contributed by atoms with Crippen molar-refractivity contribution in [3.8, 4) is 0 Å². The fourth-order valence-corrected chi connectivity index (χ4v) is 2.32. The first-order chi connectivity index (χ1) is 6.73. The van der Waals surface area contributed by atoms with Crippen LogP contribution in [0.1, 0.15) is 32.6 Å². The fraction of sp³-hybridized carbons (Fsp3) is 0.833. The maximum atomic E-state index is 5.57. The van der Waals surface area contributed by atoms with E-state index in [1.54, 1.807) is 0 Å². The minimum Gasteiger partial charge on any atom is -0.348 e. The van der Waals surface area contributed by atoms with Crippen molar-refractivity contribution in [1.82, 2.24) is 0 Å². The van der Waals surface area contributed by atoms with E-state index < -0.39 is 0 Å². The second kappa shape index (κ2) is 4.03. The molecule has 2 fully saturated rings. The van der Waals surface area contributed by atoms with E-state index in [9.17, 15) is 0 Å². The van der Waals surface area contributed by atoms with Crippen LogP contribution in [0.5, 0.6) is 0 Å². The van der Waals surface area contributed by atoms with Gasteiger partial charge in [-0.25, -0.2) is 0 Å². The molecule has 0 radical (unpaired) electrons. The van der Waals surface area contributed by atoms with Crippen molar-refractivity contribution in [2.45, 2.75) is 38.4 Å².